The van der Waals surface area contributed by atoms with Gasteiger partial charge in [0.25, 0.3) is 0 Å². The molecule has 3 aliphatic heterocycles. The van der Waals surface area contributed by atoms with Crippen LogP contribution >= 0.6 is 0 Å². The van der Waals surface area contributed by atoms with Gasteiger partial charge in [0.2, 0.25) is 11.8 Å². The van der Waals surface area contributed by atoms with E-state index < -0.39 is 5.72 Å². The maximum absolute atomic E-state index is 13.0. The van der Waals surface area contributed by atoms with Gasteiger partial charge in [-0.15, -0.1) is 0 Å². The molecular weight excluding hydrogens is 368 g/mol. The predicted octanol–water partition coefficient (Wildman–Crippen LogP) is 2.19. The molecule has 0 unspecified atom stereocenters. The van der Waals surface area contributed by atoms with E-state index in [4.69, 9.17) is 4.74 Å². The zero-order valence-electron chi connectivity index (χ0n) is 16.9. The average Bonchev–Trinajstić information content (AvgIpc) is 3.41. The fourth-order valence-corrected chi connectivity index (χ4v) is 5.21. The number of hydrogen-bond donors (Lipinski definition) is 0. The Bertz CT molecular complexity index is 956. The molecule has 3 fully saturated rings. The van der Waals surface area contributed by atoms with Crippen LogP contribution in [0.3, 0.4) is 0 Å². The third kappa shape index (κ3) is 2.87. The van der Waals surface area contributed by atoms with E-state index in [-0.39, 0.29) is 24.0 Å². The van der Waals surface area contributed by atoms with Crippen molar-refractivity contribution in [2.45, 2.75) is 57.5 Å². The van der Waals surface area contributed by atoms with Gasteiger partial charge in [0.1, 0.15) is 6.10 Å². The zero-order valence-corrected chi connectivity index (χ0v) is 16.9. The Morgan fingerprint density at radius 1 is 1.28 bits per heavy atom. The van der Waals surface area contributed by atoms with Crippen LogP contribution in [0, 0.1) is 13.8 Å². The molecule has 1 aromatic heterocycles. The second kappa shape index (κ2) is 6.69. The van der Waals surface area contributed by atoms with Crippen molar-refractivity contribution in [2.75, 3.05) is 13.1 Å². The maximum atomic E-state index is 13.0. The summed E-state index contributed by atoms with van der Waals surface area (Å²) >= 11 is 0. The summed E-state index contributed by atoms with van der Waals surface area (Å²) in [5.74, 6) is 0.158. The number of carbonyl (C=O) groups excluding carboxylic acids is 2. The van der Waals surface area contributed by atoms with Gasteiger partial charge in [-0.05, 0) is 25.5 Å². The Kier molecular flexibility index (Phi) is 4.24. The fourth-order valence-electron chi connectivity index (χ4n) is 5.21. The SMILES string of the molecule is Cc1cc(C)n(CCC(=O)N2CC[C@@]34O[C@@H](c5ccccc5)CN3C(=O)C[C@@H]24)n1. The molecular formula is C22H26N4O3. The second-order valence-electron chi connectivity index (χ2n) is 8.32. The fraction of sp³-hybridized carbons (Fsp3) is 0.500. The van der Waals surface area contributed by atoms with Crippen molar-refractivity contribution >= 4 is 11.8 Å². The summed E-state index contributed by atoms with van der Waals surface area (Å²) in [6.07, 6.45) is 1.28. The smallest absolute Gasteiger partial charge is 0.227 e. The molecule has 1 spiro atoms. The highest BCUT2D eigenvalue weighted by molar-refractivity contribution is 5.84. The summed E-state index contributed by atoms with van der Waals surface area (Å²) < 4.78 is 8.39. The quantitative estimate of drug-likeness (QED) is 0.797. The van der Waals surface area contributed by atoms with Crippen LogP contribution < -0.4 is 0 Å². The van der Waals surface area contributed by atoms with Gasteiger partial charge in [-0.25, -0.2) is 0 Å². The van der Waals surface area contributed by atoms with E-state index in [0.717, 1.165) is 17.0 Å². The minimum Gasteiger partial charge on any atom is -0.343 e. The van der Waals surface area contributed by atoms with Gasteiger partial charge in [-0.2, -0.15) is 5.10 Å². The lowest BCUT2D eigenvalue weighted by atomic mass is 10.1. The van der Waals surface area contributed by atoms with Crippen LogP contribution in [0.15, 0.2) is 36.4 Å². The molecule has 29 heavy (non-hydrogen) atoms. The minimum absolute atomic E-state index is 0.0702. The van der Waals surface area contributed by atoms with Gasteiger partial charge in [0, 0.05) is 31.6 Å². The first-order valence-electron chi connectivity index (χ1n) is 10.3. The minimum atomic E-state index is -0.661. The highest BCUT2D eigenvalue weighted by Crippen LogP contribution is 2.50. The van der Waals surface area contributed by atoms with Crippen LogP contribution in [0.4, 0.5) is 0 Å². The summed E-state index contributed by atoms with van der Waals surface area (Å²) in [7, 11) is 0. The average molecular weight is 394 g/mol. The van der Waals surface area contributed by atoms with Crippen LogP contribution in [0.5, 0.6) is 0 Å². The summed E-state index contributed by atoms with van der Waals surface area (Å²) in [6, 6.07) is 11.8. The number of nitrogens with zero attached hydrogens (tertiary/aromatic N) is 4. The zero-order chi connectivity index (χ0) is 20.2. The molecule has 0 saturated carbocycles. The standard InChI is InChI=1S/C22H26N4O3/c1-15-12-16(2)26(23-15)10-8-20(27)24-11-9-22-19(24)13-21(28)25(22)14-18(29-22)17-6-4-3-5-7-17/h3-7,12,18-19H,8-11,13-14H2,1-2H3/t18-,19-,22+/m1/s1. The Labute approximate surface area is 170 Å². The van der Waals surface area contributed by atoms with Gasteiger partial charge >= 0.3 is 0 Å². The molecule has 0 N–H and O–H groups in total. The van der Waals surface area contributed by atoms with Gasteiger partial charge in [0.15, 0.2) is 5.72 Å². The first kappa shape index (κ1) is 18.4. The van der Waals surface area contributed by atoms with Gasteiger partial charge in [0.05, 0.1) is 24.7 Å². The monoisotopic (exact) mass is 394 g/mol. The van der Waals surface area contributed by atoms with E-state index >= 15 is 0 Å². The molecule has 0 bridgehead atoms. The molecule has 152 valence electrons. The van der Waals surface area contributed by atoms with E-state index in [2.05, 4.69) is 5.10 Å². The third-order valence-electron chi connectivity index (χ3n) is 6.56. The molecule has 4 heterocycles. The summed E-state index contributed by atoms with van der Waals surface area (Å²) in [5.41, 5.74) is 2.43. The van der Waals surface area contributed by atoms with Gasteiger partial charge in [-0.1, -0.05) is 30.3 Å². The number of aryl methyl sites for hydroxylation is 3. The number of ether oxygens (including phenoxy) is 1. The largest absolute Gasteiger partial charge is 0.343 e. The molecule has 5 rings (SSSR count). The Hall–Kier alpha value is -2.67. The van der Waals surface area contributed by atoms with E-state index in [9.17, 15) is 9.59 Å². The van der Waals surface area contributed by atoms with Crippen LogP contribution in [0.1, 0.15) is 42.3 Å². The lowest BCUT2D eigenvalue weighted by molar-refractivity contribution is -0.143. The van der Waals surface area contributed by atoms with Crippen molar-refractivity contribution in [3.63, 3.8) is 0 Å². The molecule has 2 aromatic rings. The summed E-state index contributed by atoms with van der Waals surface area (Å²) in [6.45, 7) is 5.70. The number of benzene rings is 1. The number of hydrogen-bond acceptors (Lipinski definition) is 4. The molecule has 0 radical (unpaired) electrons. The number of rotatable bonds is 4. The van der Waals surface area contributed by atoms with Crippen molar-refractivity contribution in [1.29, 1.82) is 0 Å². The summed E-state index contributed by atoms with van der Waals surface area (Å²) in [5, 5.41) is 4.44. The van der Waals surface area contributed by atoms with Crippen LogP contribution in [-0.2, 0) is 20.9 Å². The normalized spacial score (nSPS) is 28.1. The molecule has 7 heteroatoms. The van der Waals surface area contributed by atoms with Crippen LogP contribution in [0.25, 0.3) is 0 Å². The number of likely N-dealkylation sites (tertiary alicyclic amines) is 1. The number of carbonyl (C=O) groups is 2. The third-order valence-corrected chi connectivity index (χ3v) is 6.56. The van der Waals surface area contributed by atoms with Crippen molar-refractivity contribution in [3.8, 4) is 0 Å². The van der Waals surface area contributed by atoms with Crippen molar-refractivity contribution in [1.82, 2.24) is 19.6 Å². The molecule has 3 saturated heterocycles. The Morgan fingerprint density at radius 2 is 2.07 bits per heavy atom. The number of amides is 2. The first-order chi connectivity index (χ1) is 14.0. The summed E-state index contributed by atoms with van der Waals surface area (Å²) in [4.78, 5) is 29.5. The van der Waals surface area contributed by atoms with Crippen molar-refractivity contribution < 1.29 is 14.3 Å². The maximum Gasteiger partial charge on any atom is 0.227 e. The van der Waals surface area contributed by atoms with Crippen LogP contribution in [-0.4, -0.2) is 56.3 Å². The Morgan fingerprint density at radius 3 is 2.79 bits per heavy atom. The molecule has 1 aromatic carbocycles. The highest BCUT2D eigenvalue weighted by atomic mass is 16.5. The Balaban J connectivity index is 1.32. The topological polar surface area (TPSA) is 67.7 Å². The lowest BCUT2D eigenvalue weighted by Gasteiger charge is -2.32. The lowest BCUT2D eigenvalue weighted by Crippen LogP contribution is -2.48. The van der Waals surface area contributed by atoms with E-state index in [1.807, 2.05) is 64.7 Å². The van der Waals surface area contributed by atoms with Crippen molar-refractivity contribution in [2.24, 2.45) is 0 Å². The molecule has 0 aliphatic carbocycles. The first-order valence-corrected chi connectivity index (χ1v) is 10.3. The molecule has 3 aliphatic rings. The number of aromatic nitrogens is 2. The van der Waals surface area contributed by atoms with E-state index in [1.54, 1.807) is 0 Å². The second-order valence-corrected chi connectivity index (χ2v) is 8.32. The predicted molar refractivity (Wildman–Crippen MR) is 106 cm³/mol. The molecule has 2 amide bonds. The van der Waals surface area contributed by atoms with E-state index in [1.165, 1.54) is 0 Å². The highest BCUT2D eigenvalue weighted by Gasteiger charge is 2.64. The van der Waals surface area contributed by atoms with Gasteiger partial charge in [-0.3, -0.25) is 14.3 Å². The van der Waals surface area contributed by atoms with Crippen LogP contribution in [0.2, 0.25) is 0 Å². The molecule has 3 atom stereocenters. The van der Waals surface area contributed by atoms with Crippen molar-refractivity contribution in [3.05, 3.63) is 53.3 Å². The molecule has 7 nitrogen and oxygen atoms in total. The van der Waals surface area contributed by atoms with E-state index in [0.29, 0.717) is 38.9 Å². The van der Waals surface area contributed by atoms with Gasteiger partial charge < -0.3 is 14.5 Å².